The van der Waals surface area contributed by atoms with Crippen molar-refractivity contribution < 1.29 is 14.0 Å². The second-order valence-corrected chi connectivity index (χ2v) is 5.36. The van der Waals surface area contributed by atoms with Crippen molar-refractivity contribution in [2.45, 2.75) is 6.61 Å². The zero-order chi connectivity index (χ0) is 16.4. The third kappa shape index (κ3) is 2.61. The molecule has 0 spiro atoms. The Morgan fingerprint density at radius 2 is 1.92 bits per heavy atom. The van der Waals surface area contributed by atoms with E-state index in [0.29, 0.717) is 11.1 Å². The Bertz CT molecular complexity index is 1010. The van der Waals surface area contributed by atoms with Gasteiger partial charge in [-0.2, -0.15) is 0 Å². The SMILES string of the molecule is O=C(NOCc1cccnc1)c1cccc2oc3ccccc3c12. The molecule has 0 aliphatic rings. The number of nitrogens with zero attached hydrogens (tertiary/aromatic N) is 1. The fraction of sp³-hybridized carbons (Fsp3) is 0.0526. The molecule has 4 rings (SSSR count). The smallest absolute Gasteiger partial charge is 0.275 e. The van der Waals surface area contributed by atoms with Gasteiger partial charge in [-0.15, -0.1) is 0 Å². The quantitative estimate of drug-likeness (QED) is 0.581. The Labute approximate surface area is 137 Å². The molecule has 2 aromatic heterocycles. The molecule has 0 bridgehead atoms. The maximum atomic E-state index is 12.5. The van der Waals surface area contributed by atoms with Crippen molar-refractivity contribution in [1.29, 1.82) is 0 Å². The normalized spacial score (nSPS) is 11.0. The number of rotatable bonds is 4. The van der Waals surface area contributed by atoms with Crippen LogP contribution in [0.3, 0.4) is 0 Å². The summed E-state index contributed by atoms with van der Waals surface area (Å²) in [6.45, 7) is 0.252. The summed E-state index contributed by atoms with van der Waals surface area (Å²) >= 11 is 0. The van der Waals surface area contributed by atoms with Gasteiger partial charge in [-0.1, -0.05) is 30.3 Å². The van der Waals surface area contributed by atoms with Crippen molar-refractivity contribution in [3.05, 3.63) is 78.1 Å². The molecule has 1 N–H and O–H groups in total. The number of pyridine rings is 1. The summed E-state index contributed by atoms with van der Waals surface area (Å²) in [6, 6.07) is 16.7. The Balaban J connectivity index is 1.60. The predicted molar refractivity (Wildman–Crippen MR) is 90.2 cm³/mol. The standard InChI is InChI=1S/C19H14N2O3/c22-19(21-23-12-13-5-4-10-20-11-13)15-7-3-9-17-18(15)14-6-1-2-8-16(14)24-17/h1-11H,12H2,(H,21,22). The van der Waals surface area contributed by atoms with Gasteiger partial charge in [0.15, 0.2) is 0 Å². The van der Waals surface area contributed by atoms with Crippen LogP contribution in [0.1, 0.15) is 15.9 Å². The zero-order valence-corrected chi connectivity index (χ0v) is 12.7. The largest absolute Gasteiger partial charge is 0.456 e. The lowest BCUT2D eigenvalue weighted by Crippen LogP contribution is -2.23. The van der Waals surface area contributed by atoms with Crippen molar-refractivity contribution in [1.82, 2.24) is 10.5 Å². The van der Waals surface area contributed by atoms with Crippen LogP contribution < -0.4 is 5.48 Å². The third-order valence-corrected chi connectivity index (χ3v) is 3.77. The molecule has 5 heteroatoms. The van der Waals surface area contributed by atoms with Gasteiger partial charge in [0.2, 0.25) is 0 Å². The maximum Gasteiger partial charge on any atom is 0.275 e. The fourth-order valence-corrected chi connectivity index (χ4v) is 2.69. The number of carbonyl (C=O) groups is 1. The van der Waals surface area contributed by atoms with Crippen LogP contribution in [0.2, 0.25) is 0 Å². The Kier molecular flexibility index (Phi) is 3.69. The van der Waals surface area contributed by atoms with Gasteiger partial charge < -0.3 is 4.42 Å². The van der Waals surface area contributed by atoms with Crippen LogP contribution >= 0.6 is 0 Å². The highest BCUT2D eigenvalue weighted by Gasteiger charge is 2.15. The second kappa shape index (κ2) is 6.14. The number of hydrogen-bond acceptors (Lipinski definition) is 4. The summed E-state index contributed by atoms with van der Waals surface area (Å²) in [5.74, 6) is -0.309. The lowest BCUT2D eigenvalue weighted by atomic mass is 10.1. The van der Waals surface area contributed by atoms with Gasteiger partial charge in [0.1, 0.15) is 17.8 Å². The molecule has 0 saturated carbocycles. The summed E-state index contributed by atoms with van der Waals surface area (Å²) in [7, 11) is 0. The molecule has 0 saturated heterocycles. The van der Waals surface area contributed by atoms with E-state index < -0.39 is 0 Å². The molecule has 1 amide bonds. The van der Waals surface area contributed by atoms with Crippen LogP contribution in [0.5, 0.6) is 0 Å². The Morgan fingerprint density at radius 3 is 2.79 bits per heavy atom. The number of benzene rings is 2. The Morgan fingerprint density at radius 1 is 1.04 bits per heavy atom. The molecular weight excluding hydrogens is 304 g/mol. The third-order valence-electron chi connectivity index (χ3n) is 3.77. The zero-order valence-electron chi connectivity index (χ0n) is 12.7. The molecule has 118 valence electrons. The summed E-state index contributed by atoms with van der Waals surface area (Å²) < 4.78 is 5.79. The second-order valence-electron chi connectivity index (χ2n) is 5.36. The summed E-state index contributed by atoms with van der Waals surface area (Å²) in [4.78, 5) is 21.8. The molecule has 4 aromatic rings. The topological polar surface area (TPSA) is 64.4 Å². The van der Waals surface area contributed by atoms with E-state index in [0.717, 1.165) is 21.9 Å². The van der Waals surface area contributed by atoms with Gasteiger partial charge in [0, 0.05) is 23.2 Å². The molecule has 2 aromatic carbocycles. The predicted octanol–water partition coefficient (Wildman–Crippen LogP) is 3.84. The van der Waals surface area contributed by atoms with Crippen LogP contribution in [0, 0.1) is 0 Å². The van der Waals surface area contributed by atoms with E-state index >= 15 is 0 Å². The monoisotopic (exact) mass is 318 g/mol. The number of para-hydroxylation sites is 1. The first-order valence-corrected chi connectivity index (χ1v) is 7.54. The number of hydroxylamine groups is 1. The van der Waals surface area contributed by atoms with Crippen molar-refractivity contribution >= 4 is 27.8 Å². The summed E-state index contributed by atoms with van der Waals surface area (Å²) in [6.07, 6.45) is 3.38. The van der Waals surface area contributed by atoms with Crippen LogP contribution in [0.4, 0.5) is 0 Å². The number of aromatic nitrogens is 1. The first-order valence-electron chi connectivity index (χ1n) is 7.54. The van der Waals surface area contributed by atoms with Crippen LogP contribution in [0.15, 0.2) is 71.4 Å². The molecule has 0 fully saturated rings. The molecule has 2 heterocycles. The molecular formula is C19H14N2O3. The number of furan rings is 1. The number of fused-ring (bicyclic) bond motifs is 3. The van der Waals surface area contributed by atoms with Gasteiger partial charge in [-0.25, -0.2) is 5.48 Å². The molecule has 0 aliphatic carbocycles. The minimum absolute atomic E-state index is 0.252. The molecule has 0 aliphatic heterocycles. The van der Waals surface area contributed by atoms with Crippen molar-refractivity contribution in [3.8, 4) is 0 Å². The van der Waals surface area contributed by atoms with E-state index in [4.69, 9.17) is 9.25 Å². The average molecular weight is 318 g/mol. The van der Waals surface area contributed by atoms with E-state index in [1.807, 2.05) is 42.5 Å². The van der Waals surface area contributed by atoms with Crippen LogP contribution in [0.25, 0.3) is 21.9 Å². The lowest BCUT2D eigenvalue weighted by Gasteiger charge is -2.06. The highest BCUT2D eigenvalue weighted by atomic mass is 16.6. The molecule has 0 unspecified atom stereocenters. The Hall–Kier alpha value is -3.18. The highest BCUT2D eigenvalue weighted by Crippen LogP contribution is 2.31. The van der Waals surface area contributed by atoms with Crippen molar-refractivity contribution in [2.24, 2.45) is 0 Å². The van der Waals surface area contributed by atoms with Crippen molar-refractivity contribution in [3.63, 3.8) is 0 Å². The minimum Gasteiger partial charge on any atom is -0.456 e. The number of carbonyl (C=O) groups excluding carboxylic acids is 1. The molecule has 0 atom stereocenters. The van der Waals surface area contributed by atoms with Gasteiger partial charge in [-0.3, -0.25) is 14.6 Å². The number of amides is 1. The van der Waals surface area contributed by atoms with E-state index in [1.165, 1.54) is 0 Å². The maximum absolute atomic E-state index is 12.5. The summed E-state index contributed by atoms with van der Waals surface area (Å²) in [5.41, 5.74) is 5.31. The lowest BCUT2D eigenvalue weighted by molar-refractivity contribution is 0.0234. The number of hydrogen-bond donors (Lipinski definition) is 1. The van der Waals surface area contributed by atoms with Gasteiger partial charge >= 0.3 is 0 Å². The van der Waals surface area contributed by atoms with E-state index in [-0.39, 0.29) is 12.5 Å². The average Bonchev–Trinajstić information content (AvgIpc) is 3.01. The van der Waals surface area contributed by atoms with Crippen LogP contribution in [-0.4, -0.2) is 10.9 Å². The molecule has 24 heavy (non-hydrogen) atoms. The number of nitrogens with one attached hydrogen (secondary N) is 1. The minimum atomic E-state index is -0.309. The fourth-order valence-electron chi connectivity index (χ4n) is 2.69. The van der Waals surface area contributed by atoms with Crippen LogP contribution in [-0.2, 0) is 11.4 Å². The van der Waals surface area contributed by atoms with E-state index in [9.17, 15) is 4.79 Å². The first-order chi connectivity index (χ1) is 11.8. The van der Waals surface area contributed by atoms with E-state index in [1.54, 1.807) is 24.5 Å². The highest BCUT2D eigenvalue weighted by molar-refractivity contribution is 6.16. The molecule has 0 radical (unpaired) electrons. The van der Waals surface area contributed by atoms with Crippen molar-refractivity contribution in [2.75, 3.05) is 0 Å². The van der Waals surface area contributed by atoms with E-state index in [2.05, 4.69) is 10.5 Å². The van der Waals surface area contributed by atoms with Gasteiger partial charge in [0.25, 0.3) is 5.91 Å². The first kappa shape index (κ1) is 14.4. The van der Waals surface area contributed by atoms with Gasteiger partial charge in [0.05, 0.1) is 5.56 Å². The van der Waals surface area contributed by atoms with Gasteiger partial charge in [-0.05, 0) is 29.8 Å². The summed E-state index contributed by atoms with van der Waals surface area (Å²) in [5, 5.41) is 1.70. The molecule has 5 nitrogen and oxygen atoms in total.